The summed E-state index contributed by atoms with van der Waals surface area (Å²) in [6.45, 7) is 5.74. The second-order valence-corrected chi connectivity index (χ2v) is 8.34. The minimum absolute atomic E-state index is 0.0364. The Morgan fingerprint density at radius 2 is 1.89 bits per heavy atom. The van der Waals surface area contributed by atoms with Crippen molar-refractivity contribution in [2.24, 2.45) is 0 Å². The number of alkyl halides is 2. The molecule has 1 N–H and O–H groups in total. The number of tetrazole rings is 1. The highest BCUT2D eigenvalue weighted by Crippen LogP contribution is 2.25. The number of amides is 1. The molecule has 0 radical (unpaired) electrons. The zero-order chi connectivity index (χ0) is 24.9. The van der Waals surface area contributed by atoms with E-state index in [2.05, 4.69) is 35.8 Å². The van der Waals surface area contributed by atoms with Gasteiger partial charge in [-0.3, -0.25) is 19.7 Å². The fraction of sp³-hybridized carbons (Fsp3) is 0.292. The van der Waals surface area contributed by atoms with E-state index in [-0.39, 0.29) is 24.3 Å². The molecule has 0 aliphatic carbocycles. The number of aromatic nitrogens is 7. The van der Waals surface area contributed by atoms with E-state index in [1.807, 2.05) is 20.8 Å². The number of nitrogens with one attached hydrogen (secondary N) is 1. The van der Waals surface area contributed by atoms with Crippen molar-refractivity contribution in [3.05, 3.63) is 77.8 Å². The first-order valence-electron chi connectivity index (χ1n) is 11.1. The van der Waals surface area contributed by atoms with E-state index in [1.165, 1.54) is 6.20 Å². The van der Waals surface area contributed by atoms with E-state index in [0.717, 1.165) is 0 Å². The molecule has 0 spiro atoms. The van der Waals surface area contributed by atoms with Crippen LogP contribution in [0.5, 0.6) is 0 Å². The molecule has 0 saturated carbocycles. The number of nitrogens with zero attached hydrogens (tertiary/aromatic N) is 7. The third kappa shape index (κ3) is 5.68. The van der Waals surface area contributed by atoms with Gasteiger partial charge in [-0.1, -0.05) is 19.9 Å². The average molecular weight is 479 g/mol. The van der Waals surface area contributed by atoms with Gasteiger partial charge in [-0.05, 0) is 47.2 Å². The van der Waals surface area contributed by atoms with Crippen LogP contribution in [0, 0.1) is 0 Å². The topological polar surface area (TPSA) is 111 Å². The summed E-state index contributed by atoms with van der Waals surface area (Å²) < 4.78 is 27.0. The van der Waals surface area contributed by atoms with Gasteiger partial charge in [0.2, 0.25) is 6.43 Å². The lowest BCUT2D eigenvalue weighted by atomic mass is 10.0. The second-order valence-electron chi connectivity index (χ2n) is 8.34. The molecule has 1 aromatic carbocycles. The molecule has 1 amide bonds. The molecule has 1 unspecified atom stereocenters. The molecule has 3 heterocycles. The van der Waals surface area contributed by atoms with Crippen molar-refractivity contribution in [3.63, 3.8) is 0 Å². The van der Waals surface area contributed by atoms with Crippen molar-refractivity contribution >= 4 is 5.91 Å². The highest BCUT2D eigenvalue weighted by atomic mass is 19.3. The van der Waals surface area contributed by atoms with Crippen LogP contribution in [0.2, 0.25) is 0 Å². The van der Waals surface area contributed by atoms with Crippen LogP contribution in [-0.2, 0) is 6.42 Å². The van der Waals surface area contributed by atoms with Crippen LogP contribution in [0.1, 0.15) is 60.2 Å². The molecule has 0 aliphatic rings. The first-order chi connectivity index (χ1) is 16.8. The van der Waals surface area contributed by atoms with Crippen molar-refractivity contribution < 1.29 is 13.6 Å². The van der Waals surface area contributed by atoms with Crippen molar-refractivity contribution in [2.75, 3.05) is 0 Å². The first kappa shape index (κ1) is 24.0. The fourth-order valence-electron chi connectivity index (χ4n) is 3.53. The molecule has 0 fully saturated rings. The van der Waals surface area contributed by atoms with Crippen molar-refractivity contribution in [3.8, 4) is 16.9 Å². The number of hydrogen-bond acceptors (Lipinski definition) is 7. The third-order valence-corrected chi connectivity index (χ3v) is 5.32. The molecule has 4 aromatic rings. The largest absolute Gasteiger partial charge is 0.344 e. The maximum Gasteiger partial charge on any atom is 0.251 e. The van der Waals surface area contributed by atoms with E-state index >= 15 is 0 Å². The molecule has 0 saturated heterocycles. The van der Waals surface area contributed by atoms with Gasteiger partial charge >= 0.3 is 0 Å². The molecule has 180 valence electrons. The van der Waals surface area contributed by atoms with Gasteiger partial charge in [0.25, 0.3) is 5.91 Å². The van der Waals surface area contributed by atoms with E-state index in [1.54, 1.807) is 53.6 Å². The first-order valence-corrected chi connectivity index (χ1v) is 11.1. The Hall–Kier alpha value is -4.15. The molecular weight excluding hydrogens is 454 g/mol. The molecule has 3 aromatic heterocycles. The number of benzene rings is 1. The number of pyridine rings is 1. The molecule has 11 heteroatoms. The Bertz CT molecular complexity index is 1290. The van der Waals surface area contributed by atoms with E-state index in [4.69, 9.17) is 0 Å². The minimum atomic E-state index is -2.45. The quantitative estimate of drug-likeness (QED) is 0.408. The number of halogens is 2. The summed E-state index contributed by atoms with van der Waals surface area (Å²) in [6.07, 6.45) is 3.31. The summed E-state index contributed by atoms with van der Waals surface area (Å²) in [6, 6.07) is 8.07. The van der Waals surface area contributed by atoms with E-state index in [9.17, 15) is 13.6 Å². The van der Waals surface area contributed by atoms with Crippen LogP contribution < -0.4 is 5.32 Å². The third-order valence-electron chi connectivity index (χ3n) is 5.32. The van der Waals surface area contributed by atoms with Gasteiger partial charge < -0.3 is 5.32 Å². The number of hydrogen-bond donors (Lipinski definition) is 1. The van der Waals surface area contributed by atoms with Crippen LogP contribution >= 0.6 is 0 Å². The predicted molar refractivity (Wildman–Crippen MR) is 124 cm³/mol. The zero-order valence-electron chi connectivity index (χ0n) is 19.4. The van der Waals surface area contributed by atoms with Gasteiger partial charge in [0.05, 0.1) is 29.3 Å². The van der Waals surface area contributed by atoms with Gasteiger partial charge in [0.1, 0.15) is 0 Å². The highest BCUT2D eigenvalue weighted by molar-refractivity contribution is 5.96. The lowest BCUT2D eigenvalue weighted by Gasteiger charge is -2.15. The number of rotatable bonds is 8. The molecule has 4 rings (SSSR count). The highest BCUT2D eigenvalue weighted by Gasteiger charge is 2.18. The molecule has 35 heavy (non-hydrogen) atoms. The Morgan fingerprint density at radius 3 is 2.54 bits per heavy atom. The van der Waals surface area contributed by atoms with Gasteiger partial charge in [-0.2, -0.15) is 4.68 Å². The van der Waals surface area contributed by atoms with Crippen LogP contribution in [0.3, 0.4) is 0 Å². The summed E-state index contributed by atoms with van der Waals surface area (Å²) in [5.41, 5.74) is 3.13. The zero-order valence-corrected chi connectivity index (χ0v) is 19.4. The van der Waals surface area contributed by atoms with E-state index < -0.39 is 6.43 Å². The normalized spacial score (nSPS) is 12.2. The number of carbonyl (C=O) groups excluding carboxylic acids is 1. The SMILES string of the molecule is CC(C)c1nnnn1-c1cc(C(=O)NC(C)c2cnccn2)cc(-c2ccc(CC(F)F)cn2)c1. The van der Waals surface area contributed by atoms with Crippen molar-refractivity contribution in [2.45, 2.75) is 45.6 Å². The molecule has 0 aliphatic heterocycles. The summed E-state index contributed by atoms with van der Waals surface area (Å²) in [5, 5.41) is 14.9. The van der Waals surface area contributed by atoms with Crippen LogP contribution in [0.15, 0.2) is 55.1 Å². The maximum atomic E-state index is 13.2. The lowest BCUT2D eigenvalue weighted by molar-refractivity contribution is 0.0939. The molecule has 0 bridgehead atoms. The fourth-order valence-corrected chi connectivity index (χ4v) is 3.53. The summed E-state index contributed by atoms with van der Waals surface area (Å²) in [5.74, 6) is 0.329. The van der Waals surface area contributed by atoms with Crippen LogP contribution in [-0.4, -0.2) is 47.5 Å². The van der Waals surface area contributed by atoms with Gasteiger partial charge in [-0.25, -0.2) is 8.78 Å². The molecule has 1 atom stereocenters. The predicted octanol–water partition coefficient (Wildman–Crippen LogP) is 3.94. The smallest absolute Gasteiger partial charge is 0.251 e. The Morgan fingerprint density at radius 1 is 1.06 bits per heavy atom. The minimum Gasteiger partial charge on any atom is -0.344 e. The van der Waals surface area contributed by atoms with Gasteiger partial charge in [0, 0.05) is 42.1 Å². The molecule has 9 nitrogen and oxygen atoms in total. The second kappa shape index (κ2) is 10.4. The van der Waals surface area contributed by atoms with Crippen LogP contribution in [0.25, 0.3) is 16.9 Å². The van der Waals surface area contributed by atoms with Gasteiger partial charge in [0.15, 0.2) is 5.82 Å². The molecular formula is C24H24F2N8O. The Labute approximate surface area is 200 Å². The lowest BCUT2D eigenvalue weighted by Crippen LogP contribution is -2.27. The summed E-state index contributed by atoms with van der Waals surface area (Å²) in [7, 11) is 0. The van der Waals surface area contributed by atoms with Crippen LogP contribution in [0.4, 0.5) is 8.78 Å². The van der Waals surface area contributed by atoms with Crippen molar-refractivity contribution in [1.82, 2.24) is 40.5 Å². The maximum absolute atomic E-state index is 13.2. The Balaban J connectivity index is 1.73. The monoisotopic (exact) mass is 478 g/mol. The summed E-state index contributed by atoms with van der Waals surface area (Å²) >= 11 is 0. The summed E-state index contributed by atoms with van der Waals surface area (Å²) in [4.78, 5) is 25.8. The van der Waals surface area contributed by atoms with Gasteiger partial charge in [-0.15, -0.1) is 5.10 Å². The Kier molecular flexibility index (Phi) is 7.14. The number of carbonyl (C=O) groups is 1. The van der Waals surface area contributed by atoms with E-state index in [0.29, 0.717) is 39.6 Å². The standard InChI is InChI=1S/C24H24F2N8O/c1-14(2)23-31-32-33-34(23)19-10-17(20-5-4-16(12-29-20)8-22(25)26)9-18(11-19)24(35)30-15(3)21-13-27-6-7-28-21/h4-7,9-15,22H,8H2,1-3H3,(H,30,35). The average Bonchev–Trinajstić information content (AvgIpc) is 3.35. The van der Waals surface area contributed by atoms with Crippen molar-refractivity contribution in [1.29, 1.82) is 0 Å².